The molecular formula is C24H21N3O3S2. The van der Waals surface area contributed by atoms with Crippen molar-refractivity contribution in [3.8, 4) is 0 Å². The number of carbonyl (C=O) groups is 1. The van der Waals surface area contributed by atoms with Crippen LogP contribution in [0.2, 0.25) is 0 Å². The predicted molar refractivity (Wildman–Crippen MR) is 128 cm³/mol. The number of aromatic nitrogens is 1. The Morgan fingerprint density at radius 3 is 2.59 bits per heavy atom. The van der Waals surface area contributed by atoms with Gasteiger partial charge < -0.3 is 0 Å². The minimum absolute atomic E-state index is 0.164. The first-order valence-corrected chi connectivity index (χ1v) is 12.5. The largest absolute Gasteiger partial charge is 0.298 e. The van der Waals surface area contributed by atoms with Crippen molar-refractivity contribution in [1.29, 1.82) is 0 Å². The first kappa shape index (κ1) is 20.7. The number of rotatable bonds is 4. The second-order valence-corrected chi connectivity index (χ2v) is 10.7. The minimum atomic E-state index is -3.69. The molecule has 8 heteroatoms. The second-order valence-electron chi connectivity index (χ2n) is 7.88. The van der Waals surface area contributed by atoms with Crippen molar-refractivity contribution in [3.05, 3.63) is 82.9 Å². The fraction of sp³-hybridized carbons (Fsp3) is 0.167. The average Bonchev–Trinajstić information content (AvgIpc) is 3.38. The number of hydrogen-bond acceptors (Lipinski definition) is 5. The molecule has 32 heavy (non-hydrogen) atoms. The fourth-order valence-corrected chi connectivity index (χ4v) is 6.48. The molecule has 0 spiro atoms. The van der Waals surface area contributed by atoms with E-state index in [1.807, 2.05) is 44.2 Å². The summed E-state index contributed by atoms with van der Waals surface area (Å²) in [6.45, 7) is 4.46. The summed E-state index contributed by atoms with van der Waals surface area (Å²) in [5, 5.41) is 3.35. The number of carbonyl (C=O) groups excluding carboxylic acids is 1. The van der Waals surface area contributed by atoms with Gasteiger partial charge in [-0.3, -0.25) is 14.4 Å². The van der Waals surface area contributed by atoms with Crippen molar-refractivity contribution >= 4 is 48.3 Å². The number of sulfonamides is 1. The van der Waals surface area contributed by atoms with Gasteiger partial charge in [-0.1, -0.05) is 35.6 Å². The van der Waals surface area contributed by atoms with Gasteiger partial charge in [0.1, 0.15) is 0 Å². The van der Waals surface area contributed by atoms with Crippen LogP contribution in [0, 0.1) is 13.8 Å². The molecule has 5 rings (SSSR count). The second kappa shape index (κ2) is 7.72. The van der Waals surface area contributed by atoms with Gasteiger partial charge in [-0.15, -0.1) is 0 Å². The number of hydrogen-bond donors (Lipinski definition) is 1. The van der Waals surface area contributed by atoms with Gasteiger partial charge in [0.15, 0.2) is 5.13 Å². The lowest BCUT2D eigenvalue weighted by atomic mass is 10.1. The van der Waals surface area contributed by atoms with E-state index in [0.29, 0.717) is 23.7 Å². The summed E-state index contributed by atoms with van der Waals surface area (Å²) in [7, 11) is -3.69. The van der Waals surface area contributed by atoms with Gasteiger partial charge in [-0.25, -0.2) is 13.4 Å². The molecule has 1 aromatic heterocycles. The molecule has 3 aromatic carbocycles. The maximum atomic E-state index is 13.1. The van der Waals surface area contributed by atoms with Crippen molar-refractivity contribution in [1.82, 2.24) is 4.98 Å². The molecule has 0 fully saturated rings. The third-order valence-electron chi connectivity index (χ3n) is 5.59. The number of aryl methyl sites for hydroxylation is 2. The number of nitrogens with one attached hydrogen (secondary N) is 1. The summed E-state index contributed by atoms with van der Waals surface area (Å²) < 4.78 is 28.8. The Hall–Kier alpha value is -3.23. The van der Waals surface area contributed by atoms with Crippen LogP contribution >= 0.6 is 11.3 Å². The Morgan fingerprint density at radius 2 is 1.81 bits per heavy atom. The number of benzene rings is 3. The molecule has 0 saturated carbocycles. The van der Waals surface area contributed by atoms with Gasteiger partial charge in [-0.05, 0) is 73.4 Å². The van der Waals surface area contributed by atoms with Crippen LogP contribution in [0.15, 0.2) is 65.6 Å². The monoisotopic (exact) mass is 463 g/mol. The molecule has 1 aliphatic rings. The molecular weight excluding hydrogens is 442 g/mol. The van der Waals surface area contributed by atoms with Crippen molar-refractivity contribution < 1.29 is 13.2 Å². The van der Waals surface area contributed by atoms with Crippen LogP contribution in [-0.4, -0.2) is 25.9 Å². The van der Waals surface area contributed by atoms with Crippen LogP contribution in [-0.2, 0) is 16.4 Å². The van der Waals surface area contributed by atoms with Crippen LogP contribution < -0.4 is 9.62 Å². The zero-order chi connectivity index (χ0) is 22.5. The Labute approximate surface area is 190 Å². The molecule has 4 aromatic rings. The lowest BCUT2D eigenvalue weighted by molar-refractivity contribution is 0.102. The molecule has 2 heterocycles. The standard InChI is InChI=1S/C24H21N3O3S2/c1-15-13-16(2)22-20(14-15)25-24(31-22)26-23(28)18-7-9-19(10-8-18)32(29,30)27-12-11-17-5-3-4-6-21(17)27/h3-10,13-14H,11-12H2,1-2H3,(H,25,26,28). The van der Waals surface area contributed by atoms with Gasteiger partial charge in [0.2, 0.25) is 0 Å². The fourth-order valence-electron chi connectivity index (χ4n) is 4.06. The summed E-state index contributed by atoms with van der Waals surface area (Å²) in [4.78, 5) is 17.4. The van der Waals surface area contributed by atoms with Crippen LogP contribution in [0.25, 0.3) is 10.2 Å². The van der Waals surface area contributed by atoms with Crippen molar-refractivity contribution in [2.45, 2.75) is 25.2 Å². The van der Waals surface area contributed by atoms with Gasteiger partial charge in [0.25, 0.3) is 15.9 Å². The molecule has 0 atom stereocenters. The van der Waals surface area contributed by atoms with E-state index >= 15 is 0 Å². The van der Waals surface area contributed by atoms with Gasteiger partial charge >= 0.3 is 0 Å². The van der Waals surface area contributed by atoms with Gasteiger partial charge in [0.05, 0.1) is 20.8 Å². The molecule has 0 saturated heterocycles. The summed E-state index contributed by atoms with van der Waals surface area (Å²) in [5.41, 5.74) is 5.21. The lowest BCUT2D eigenvalue weighted by Crippen LogP contribution is -2.29. The zero-order valence-corrected chi connectivity index (χ0v) is 19.3. The minimum Gasteiger partial charge on any atom is -0.298 e. The maximum Gasteiger partial charge on any atom is 0.264 e. The van der Waals surface area contributed by atoms with E-state index < -0.39 is 10.0 Å². The SMILES string of the molecule is Cc1cc(C)c2sc(NC(=O)c3ccc(S(=O)(=O)N4CCc5ccccc54)cc3)nc2c1. The van der Waals surface area contributed by atoms with E-state index in [1.54, 1.807) is 0 Å². The number of anilines is 2. The summed E-state index contributed by atoms with van der Waals surface area (Å²) in [5.74, 6) is -0.325. The third-order valence-corrected chi connectivity index (χ3v) is 8.54. The van der Waals surface area contributed by atoms with Crippen molar-refractivity contribution in [2.75, 3.05) is 16.2 Å². The highest BCUT2D eigenvalue weighted by molar-refractivity contribution is 7.92. The van der Waals surface area contributed by atoms with Crippen LogP contribution in [0.1, 0.15) is 27.0 Å². The van der Waals surface area contributed by atoms with Gasteiger partial charge in [-0.2, -0.15) is 0 Å². The highest BCUT2D eigenvalue weighted by atomic mass is 32.2. The summed E-state index contributed by atoms with van der Waals surface area (Å²) in [6, 6.07) is 17.6. The Bertz CT molecular complexity index is 1460. The molecule has 1 aliphatic heterocycles. The number of nitrogens with zero attached hydrogens (tertiary/aromatic N) is 2. The topological polar surface area (TPSA) is 79.4 Å². The van der Waals surface area contributed by atoms with E-state index in [0.717, 1.165) is 32.6 Å². The molecule has 0 bridgehead atoms. The highest BCUT2D eigenvalue weighted by Crippen LogP contribution is 2.33. The Kier molecular flexibility index (Phi) is 4.98. The van der Waals surface area contributed by atoms with Crippen LogP contribution in [0.4, 0.5) is 10.8 Å². The number of thiazole rings is 1. The number of fused-ring (bicyclic) bond motifs is 2. The quantitative estimate of drug-likeness (QED) is 0.466. The molecule has 6 nitrogen and oxygen atoms in total. The van der Waals surface area contributed by atoms with E-state index in [1.165, 1.54) is 39.9 Å². The summed E-state index contributed by atoms with van der Waals surface area (Å²) in [6.07, 6.45) is 0.692. The highest BCUT2D eigenvalue weighted by Gasteiger charge is 2.30. The maximum absolute atomic E-state index is 13.1. The molecule has 0 aliphatic carbocycles. The third kappa shape index (κ3) is 3.55. The van der Waals surface area contributed by atoms with E-state index in [9.17, 15) is 13.2 Å². The predicted octanol–water partition coefficient (Wildman–Crippen LogP) is 4.92. The molecule has 0 radical (unpaired) electrons. The van der Waals surface area contributed by atoms with E-state index in [2.05, 4.69) is 16.4 Å². The zero-order valence-electron chi connectivity index (χ0n) is 17.6. The van der Waals surface area contributed by atoms with Gasteiger partial charge in [0, 0.05) is 12.1 Å². The van der Waals surface area contributed by atoms with Crippen molar-refractivity contribution in [3.63, 3.8) is 0 Å². The smallest absolute Gasteiger partial charge is 0.264 e. The van der Waals surface area contributed by atoms with E-state index in [-0.39, 0.29) is 10.8 Å². The number of amides is 1. The lowest BCUT2D eigenvalue weighted by Gasteiger charge is -2.19. The van der Waals surface area contributed by atoms with Crippen molar-refractivity contribution in [2.24, 2.45) is 0 Å². The Balaban J connectivity index is 1.37. The summed E-state index contributed by atoms with van der Waals surface area (Å²) >= 11 is 1.43. The molecule has 1 N–H and O–H groups in total. The first-order valence-electron chi connectivity index (χ1n) is 10.2. The molecule has 1 amide bonds. The Morgan fingerprint density at radius 1 is 1.06 bits per heavy atom. The molecule has 162 valence electrons. The normalized spacial score (nSPS) is 13.4. The number of para-hydroxylation sites is 1. The van der Waals surface area contributed by atoms with Crippen LogP contribution in [0.5, 0.6) is 0 Å². The van der Waals surface area contributed by atoms with Crippen LogP contribution in [0.3, 0.4) is 0 Å². The van der Waals surface area contributed by atoms with E-state index in [4.69, 9.17) is 0 Å². The average molecular weight is 464 g/mol. The first-order chi connectivity index (χ1) is 15.3. The molecule has 0 unspecified atom stereocenters.